The molecule has 1 aromatic rings. The van der Waals surface area contributed by atoms with E-state index in [1.54, 1.807) is 0 Å². The number of rotatable bonds is 2. The maximum absolute atomic E-state index is 12.1. The smallest absolute Gasteiger partial charge is 0.270 e. The molecule has 1 aromatic heterocycles. The van der Waals surface area contributed by atoms with E-state index in [1.807, 2.05) is 26.0 Å². The Morgan fingerprint density at radius 2 is 2.22 bits per heavy atom. The van der Waals surface area contributed by atoms with Crippen LogP contribution in [-0.2, 0) is 0 Å². The Kier molecular flexibility index (Phi) is 4.31. The molecule has 1 fully saturated rings. The molecule has 0 aliphatic carbocycles. The lowest BCUT2D eigenvalue weighted by Crippen LogP contribution is -2.41. The van der Waals surface area contributed by atoms with E-state index in [0.717, 1.165) is 37.2 Å². The molecule has 2 rings (SSSR count). The molecule has 0 radical (unpaired) electrons. The van der Waals surface area contributed by atoms with Crippen LogP contribution in [0.4, 0.5) is 0 Å². The minimum absolute atomic E-state index is 0.0597. The quantitative estimate of drug-likeness (QED) is 0.834. The van der Waals surface area contributed by atoms with Gasteiger partial charge in [0.2, 0.25) is 0 Å². The van der Waals surface area contributed by atoms with Gasteiger partial charge in [-0.05, 0) is 50.9 Å². The second kappa shape index (κ2) is 5.96. The van der Waals surface area contributed by atoms with Crippen molar-refractivity contribution in [2.45, 2.75) is 39.2 Å². The predicted octanol–water partition coefficient (Wildman–Crippen LogP) is 1.57. The molecule has 0 spiro atoms. The average Bonchev–Trinajstić information content (AvgIpc) is 2.56. The maximum Gasteiger partial charge on any atom is 0.270 e. The Morgan fingerprint density at radius 3 is 3.00 bits per heavy atom. The van der Waals surface area contributed by atoms with Crippen molar-refractivity contribution in [3.63, 3.8) is 0 Å². The first kappa shape index (κ1) is 13.0. The summed E-state index contributed by atoms with van der Waals surface area (Å²) >= 11 is 0. The van der Waals surface area contributed by atoms with E-state index >= 15 is 0 Å². The van der Waals surface area contributed by atoms with E-state index in [4.69, 9.17) is 0 Å². The molecule has 2 heterocycles. The van der Waals surface area contributed by atoms with E-state index < -0.39 is 0 Å². The summed E-state index contributed by atoms with van der Waals surface area (Å²) in [5, 5.41) is 6.41. The molecule has 0 saturated carbocycles. The van der Waals surface area contributed by atoms with Gasteiger partial charge >= 0.3 is 0 Å². The number of pyridine rings is 1. The van der Waals surface area contributed by atoms with Crippen molar-refractivity contribution >= 4 is 5.91 Å². The Balaban J connectivity index is 2.01. The van der Waals surface area contributed by atoms with E-state index in [2.05, 4.69) is 15.6 Å². The zero-order valence-corrected chi connectivity index (χ0v) is 11.1. The summed E-state index contributed by atoms with van der Waals surface area (Å²) in [6.45, 7) is 5.81. The number of amides is 1. The van der Waals surface area contributed by atoms with E-state index in [0.29, 0.717) is 5.69 Å². The zero-order valence-electron chi connectivity index (χ0n) is 11.1. The molecule has 1 amide bonds. The Bertz CT molecular complexity index is 403. The van der Waals surface area contributed by atoms with Crippen molar-refractivity contribution in [1.29, 1.82) is 0 Å². The molecule has 1 saturated heterocycles. The lowest BCUT2D eigenvalue weighted by Gasteiger charge is -2.16. The summed E-state index contributed by atoms with van der Waals surface area (Å²) in [4.78, 5) is 16.4. The van der Waals surface area contributed by atoms with Gasteiger partial charge in [0, 0.05) is 18.3 Å². The van der Waals surface area contributed by atoms with Gasteiger partial charge in [0.25, 0.3) is 5.91 Å². The van der Waals surface area contributed by atoms with Crippen LogP contribution in [0.1, 0.15) is 41.0 Å². The van der Waals surface area contributed by atoms with Gasteiger partial charge in [-0.2, -0.15) is 0 Å². The van der Waals surface area contributed by atoms with Crippen LogP contribution in [0.2, 0.25) is 0 Å². The number of hydrogen-bond acceptors (Lipinski definition) is 3. The third-order valence-corrected chi connectivity index (χ3v) is 3.21. The van der Waals surface area contributed by atoms with Crippen molar-refractivity contribution in [2.24, 2.45) is 0 Å². The van der Waals surface area contributed by atoms with Gasteiger partial charge in [-0.1, -0.05) is 6.42 Å². The highest BCUT2D eigenvalue weighted by Gasteiger charge is 2.16. The molecule has 98 valence electrons. The van der Waals surface area contributed by atoms with Crippen molar-refractivity contribution in [3.05, 3.63) is 29.1 Å². The Hall–Kier alpha value is -1.42. The van der Waals surface area contributed by atoms with Crippen LogP contribution in [0.5, 0.6) is 0 Å². The topological polar surface area (TPSA) is 54.0 Å². The fraction of sp³-hybridized carbons (Fsp3) is 0.571. The Labute approximate surface area is 108 Å². The van der Waals surface area contributed by atoms with Crippen LogP contribution >= 0.6 is 0 Å². The summed E-state index contributed by atoms with van der Waals surface area (Å²) < 4.78 is 0. The summed E-state index contributed by atoms with van der Waals surface area (Å²) in [5.74, 6) is -0.0597. The van der Waals surface area contributed by atoms with Gasteiger partial charge in [0.05, 0.1) is 0 Å². The van der Waals surface area contributed by atoms with Gasteiger partial charge in [-0.25, -0.2) is 4.98 Å². The van der Waals surface area contributed by atoms with Gasteiger partial charge in [-0.3, -0.25) is 4.79 Å². The van der Waals surface area contributed by atoms with Crippen LogP contribution < -0.4 is 10.6 Å². The molecule has 1 unspecified atom stereocenters. The molecule has 1 aliphatic heterocycles. The fourth-order valence-electron chi connectivity index (χ4n) is 2.36. The number of aryl methyl sites for hydroxylation is 2. The molecule has 1 atom stereocenters. The average molecular weight is 247 g/mol. The molecule has 4 nitrogen and oxygen atoms in total. The SMILES string of the molecule is Cc1cc(C)nc(C(=O)NC2CCCCNC2)c1. The van der Waals surface area contributed by atoms with E-state index in [-0.39, 0.29) is 11.9 Å². The van der Waals surface area contributed by atoms with Crippen molar-refractivity contribution < 1.29 is 4.79 Å². The second-order valence-corrected chi connectivity index (χ2v) is 5.04. The standard InChI is InChI=1S/C14H21N3O/c1-10-7-11(2)16-13(8-10)14(18)17-12-5-3-4-6-15-9-12/h7-8,12,15H,3-6,9H2,1-2H3,(H,17,18). The zero-order chi connectivity index (χ0) is 13.0. The molecule has 0 bridgehead atoms. The highest BCUT2D eigenvalue weighted by atomic mass is 16.1. The van der Waals surface area contributed by atoms with E-state index in [9.17, 15) is 4.79 Å². The van der Waals surface area contributed by atoms with Gasteiger partial charge < -0.3 is 10.6 Å². The van der Waals surface area contributed by atoms with Gasteiger partial charge in [0.15, 0.2) is 0 Å². The summed E-state index contributed by atoms with van der Waals surface area (Å²) in [6.07, 6.45) is 3.40. The highest BCUT2D eigenvalue weighted by Crippen LogP contribution is 2.07. The summed E-state index contributed by atoms with van der Waals surface area (Å²) in [6, 6.07) is 4.04. The van der Waals surface area contributed by atoms with Crippen molar-refractivity contribution in [3.8, 4) is 0 Å². The van der Waals surface area contributed by atoms with Crippen LogP contribution in [-0.4, -0.2) is 30.0 Å². The summed E-state index contributed by atoms with van der Waals surface area (Å²) in [5.41, 5.74) is 2.49. The van der Waals surface area contributed by atoms with E-state index in [1.165, 1.54) is 6.42 Å². The van der Waals surface area contributed by atoms with Crippen molar-refractivity contribution in [2.75, 3.05) is 13.1 Å². The third kappa shape index (κ3) is 3.53. The minimum atomic E-state index is -0.0597. The summed E-state index contributed by atoms with van der Waals surface area (Å²) in [7, 11) is 0. The maximum atomic E-state index is 12.1. The molecule has 0 aromatic carbocycles. The molecular weight excluding hydrogens is 226 g/mol. The first-order chi connectivity index (χ1) is 8.65. The monoisotopic (exact) mass is 247 g/mol. The number of nitrogens with zero attached hydrogens (tertiary/aromatic N) is 1. The highest BCUT2D eigenvalue weighted by molar-refractivity contribution is 5.92. The lowest BCUT2D eigenvalue weighted by molar-refractivity contribution is 0.0930. The minimum Gasteiger partial charge on any atom is -0.347 e. The molecule has 18 heavy (non-hydrogen) atoms. The third-order valence-electron chi connectivity index (χ3n) is 3.21. The van der Waals surface area contributed by atoms with Crippen LogP contribution in [0.25, 0.3) is 0 Å². The molecular formula is C14H21N3O. The molecule has 4 heteroatoms. The van der Waals surface area contributed by atoms with Gasteiger partial charge in [-0.15, -0.1) is 0 Å². The molecule has 1 aliphatic rings. The first-order valence-corrected chi connectivity index (χ1v) is 6.62. The number of carbonyl (C=O) groups excluding carboxylic acids is 1. The first-order valence-electron chi connectivity index (χ1n) is 6.62. The van der Waals surface area contributed by atoms with Crippen LogP contribution in [0, 0.1) is 13.8 Å². The van der Waals surface area contributed by atoms with Crippen molar-refractivity contribution in [1.82, 2.24) is 15.6 Å². The number of nitrogens with one attached hydrogen (secondary N) is 2. The van der Waals surface area contributed by atoms with Crippen LogP contribution in [0.3, 0.4) is 0 Å². The number of carbonyl (C=O) groups is 1. The number of aromatic nitrogens is 1. The lowest BCUT2D eigenvalue weighted by atomic mass is 10.1. The predicted molar refractivity (Wildman–Crippen MR) is 71.7 cm³/mol. The fourth-order valence-corrected chi connectivity index (χ4v) is 2.36. The number of hydrogen-bond donors (Lipinski definition) is 2. The molecule has 2 N–H and O–H groups in total. The van der Waals surface area contributed by atoms with Crippen LogP contribution in [0.15, 0.2) is 12.1 Å². The Morgan fingerprint density at radius 1 is 1.39 bits per heavy atom. The largest absolute Gasteiger partial charge is 0.347 e. The second-order valence-electron chi connectivity index (χ2n) is 5.04. The van der Waals surface area contributed by atoms with Gasteiger partial charge in [0.1, 0.15) is 5.69 Å². The normalized spacial score (nSPS) is 20.2.